The second kappa shape index (κ2) is 1.75. The molecule has 0 amide bonds. The van der Waals surface area contributed by atoms with Crippen molar-refractivity contribution >= 4 is 11.9 Å². The summed E-state index contributed by atoms with van der Waals surface area (Å²) in [6.45, 7) is 0.383. The van der Waals surface area contributed by atoms with Gasteiger partial charge in [0, 0.05) is 5.92 Å². The highest BCUT2D eigenvalue weighted by Gasteiger charge is 2.72. The van der Waals surface area contributed by atoms with Crippen molar-refractivity contribution < 1.29 is 19.1 Å². The van der Waals surface area contributed by atoms with E-state index in [0.717, 1.165) is 0 Å². The molecule has 1 saturated carbocycles. The normalized spacial score (nSPS) is 39.4. The van der Waals surface area contributed by atoms with Gasteiger partial charge in [0.1, 0.15) is 0 Å². The SMILES string of the molecule is COC(=O)[C@]12C[C@H]1COC2=O. The number of hydrogen-bond acceptors (Lipinski definition) is 4. The summed E-state index contributed by atoms with van der Waals surface area (Å²) in [6.07, 6.45) is 0.610. The lowest BCUT2D eigenvalue weighted by Crippen LogP contribution is -2.25. The molecule has 4 nitrogen and oxygen atoms in total. The summed E-state index contributed by atoms with van der Waals surface area (Å²) in [6, 6.07) is 0. The van der Waals surface area contributed by atoms with Gasteiger partial charge in [-0.3, -0.25) is 9.59 Å². The number of esters is 2. The average molecular weight is 156 g/mol. The maximum atomic E-state index is 11.1. The monoisotopic (exact) mass is 156 g/mol. The first-order valence-electron chi connectivity index (χ1n) is 3.47. The number of carbonyl (C=O) groups is 2. The predicted octanol–water partition coefficient (Wildman–Crippen LogP) is -0.278. The highest BCUT2D eigenvalue weighted by Crippen LogP contribution is 2.58. The molecule has 1 aliphatic carbocycles. The van der Waals surface area contributed by atoms with Crippen molar-refractivity contribution in [2.75, 3.05) is 13.7 Å². The van der Waals surface area contributed by atoms with Gasteiger partial charge >= 0.3 is 11.9 Å². The molecule has 2 rings (SSSR count). The summed E-state index contributed by atoms with van der Waals surface area (Å²) in [4.78, 5) is 22.1. The summed E-state index contributed by atoms with van der Waals surface area (Å²) in [5.74, 6) is -0.762. The Morgan fingerprint density at radius 1 is 1.82 bits per heavy atom. The van der Waals surface area contributed by atoms with Crippen molar-refractivity contribution in [3.8, 4) is 0 Å². The Balaban J connectivity index is 2.24. The minimum Gasteiger partial charge on any atom is -0.468 e. The number of ether oxygens (including phenoxy) is 2. The van der Waals surface area contributed by atoms with Crippen LogP contribution in [0, 0.1) is 11.3 Å². The average Bonchev–Trinajstić information content (AvgIpc) is 2.68. The van der Waals surface area contributed by atoms with E-state index in [1.807, 2.05) is 0 Å². The molecule has 60 valence electrons. The maximum Gasteiger partial charge on any atom is 0.323 e. The lowest BCUT2D eigenvalue weighted by atomic mass is 10.1. The molecule has 1 aliphatic heterocycles. The minimum atomic E-state index is -0.894. The van der Waals surface area contributed by atoms with Gasteiger partial charge in [0.25, 0.3) is 0 Å². The molecule has 11 heavy (non-hydrogen) atoms. The molecule has 0 aromatic heterocycles. The Kier molecular flexibility index (Phi) is 1.06. The van der Waals surface area contributed by atoms with Gasteiger partial charge in [-0.2, -0.15) is 0 Å². The van der Waals surface area contributed by atoms with Crippen LogP contribution >= 0.6 is 0 Å². The molecule has 2 atom stereocenters. The van der Waals surface area contributed by atoms with Crippen molar-refractivity contribution in [3.63, 3.8) is 0 Å². The number of fused-ring (bicyclic) bond motifs is 1. The zero-order valence-corrected chi connectivity index (χ0v) is 6.12. The van der Waals surface area contributed by atoms with Crippen LogP contribution in [0.15, 0.2) is 0 Å². The van der Waals surface area contributed by atoms with Crippen LogP contribution in [0.4, 0.5) is 0 Å². The fraction of sp³-hybridized carbons (Fsp3) is 0.714. The molecule has 0 spiro atoms. The summed E-state index contributed by atoms with van der Waals surface area (Å²) < 4.78 is 9.21. The number of cyclic esters (lactones) is 1. The summed E-state index contributed by atoms with van der Waals surface area (Å²) in [5.41, 5.74) is -0.894. The Labute approximate surface area is 63.5 Å². The third kappa shape index (κ3) is 0.593. The Morgan fingerprint density at radius 3 is 2.91 bits per heavy atom. The van der Waals surface area contributed by atoms with E-state index in [9.17, 15) is 9.59 Å². The zero-order chi connectivity index (χ0) is 8.06. The largest absolute Gasteiger partial charge is 0.468 e. The standard InChI is InChI=1S/C7H8O4/c1-10-5(8)7-2-4(7)3-11-6(7)9/h4H,2-3H2,1H3/t4-,7-/m0/s1. The van der Waals surface area contributed by atoms with Crippen molar-refractivity contribution in [1.29, 1.82) is 0 Å². The summed E-state index contributed by atoms with van der Waals surface area (Å²) in [7, 11) is 1.29. The summed E-state index contributed by atoms with van der Waals surface area (Å²) >= 11 is 0. The van der Waals surface area contributed by atoms with E-state index in [4.69, 9.17) is 4.74 Å². The number of rotatable bonds is 1. The van der Waals surface area contributed by atoms with E-state index in [1.54, 1.807) is 0 Å². The van der Waals surface area contributed by atoms with Crippen LogP contribution in [0.3, 0.4) is 0 Å². The molecule has 0 N–H and O–H groups in total. The second-order valence-electron chi connectivity index (χ2n) is 2.96. The second-order valence-corrected chi connectivity index (χ2v) is 2.96. The van der Waals surface area contributed by atoms with Gasteiger partial charge in [-0.1, -0.05) is 0 Å². The van der Waals surface area contributed by atoms with Crippen LogP contribution in [-0.4, -0.2) is 25.7 Å². The van der Waals surface area contributed by atoms with E-state index < -0.39 is 17.4 Å². The maximum absolute atomic E-state index is 11.1. The predicted molar refractivity (Wildman–Crippen MR) is 33.5 cm³/mol. The first-order chi connectivity index (χ1) is 5.21. The highest BCUT2D eigenvalue weighted by molar-refractivity contribution is 6.05. The molecular formula is C7H8O4. The molecule has 1 saturated heterocycles. The van der Waals surface area contributed by atoms with E-state index in [-0.39, 0.29) is 5.92 Å². The van der Waals surface area contributed by atoms with Crippen LogP contribution < -0.4 is 0 Å². The molecule has 0 unspecified atom stereocenters. The van der Waals surface area contributed by atoms with Gasteiger partial charge in [0.05, 0.1) is 13.7 Å². The Bertz CT molecular complexity index is 235. The number of carbonyl (C=O) groups excluding carboxylic acids is 2. The van der Waals surface area contributed by atoms with E-state index in [1.165, 1.54) is 7.11 Å². The van der Waals surface area contributed by atoms with Gasteiger partial charge in [-0.15, -0.1) is 0 Å². The molecule has 4 heteroatoms. The molecule has 0 aromatic carbocycles. The van der Waals surface area contributed by atoms with Gasteiger partial charge in [0.2, 0.25) is 0 Å². The van der Waals surface area contributed by atoms with E-state index in [0.29, 0.717) is 13.0 Å². The van der Waals surface area contributed by atoms with Crippen LogP contribution in [0.5, 0.6) is 0 Å². The smallest absolute Gasteiger partial charge is 0.323 e. The van der Waals surface area contributed by atoms with Crippen molar-refractivity contribution in [2.24, 2.45) is 11.3 Å². The van der Waals surface area contributed by atoms with Gasteiger partial charge in [0.15, 0.2) is 5.41 Å². The highest BCUT2D eigenvalue weighted by atomic mass is 16.6. The molecule has 2 fully saturated rings. The Morgan fingerprint density at radius 2 is 2.55 bits per heavy atom. The van der Waals surface area contributed by atoms with Crippen molar-refractivity contribution in [3.05, 3.63) is 0 Å². The zero-order valence-electron chi connectivity index (χ0n) is 6.12. The molecule has 2 aliphatic rings. The Hall–Kier alpha value is -1.06. The lowest BCUT2D eigenvalue weighted by Gasteiger charge is -2.04. The molecule has 0 bridgehead atoms. The van der Waals surface area contributed by atoms with Crippen molar-refractivity contribution in [2.45, 2.75) is 6.42 Å². The first-order valence-corrected chi connectivity index (χ1v) is 3.47. The third-order valence-electron chi connectivity index (χ3n) is 2.43. The van der Waals surface area contributed by atoms with E-state index >= 15 is 0 Å². The van der Waals surface area contributed by atoms with Crippen LogP contribution in [0.2, 0.25) is 0 Å². The van der Waals surface area contributed by atoms with Gasteiger partial charge in [-0.25, -0.2) is 0 Å². The van der Waals surface area contributed by atoms with Crippen LogP contribution in [-0.2, 0) is 19.1 Å². The quantitative estimate of drug-likeness (QED) is 0.387. The van der Waals surface area contributed by atoms with Crippen LogP contribution in [0.1, 0.15) is 6.42 Å². The third-order valence-corrected chi connectivity index (χ3v) is 2.43. The molecule has 0 aromatic rings. The van der Waals surface area contributed by atoms with Gasteiger partial charge < -0.3 is 9.47 Å². The summed E-state index contributed by atoms with van der Waals surface area (Å²) in [5, 5.41) is 0. The first kappa shape index (κ1) is 6.64. The minimum absolute atomic E-state index is 0.0856. The lowest BCUT2D eigenvalue weighted by molar-refractivity contribution is -0.158. The fourth-order valence-corrected chi connectivity index (χ4v) is 1.60. The molecular weight excluding hydrogens is 148 g/mol. The topological polar surface area (TPSA) is 52.6 Å². The van der Waals surface area contributed by atoms with Gasteiger partial charge in [-0.05, 0) is 6.42 Å². The number of hydrogen-bond donors (Lipinski definition) is 0. The van der Waals surface area contributed by atoms with Crippen molar-refractivity contribution in [1.82, 2.24) is 0 Å². The van der Waals surface area contributed by atoms with E-state index in [2.05, 4.69) is 4.74 Å². The molecule has 0 radical (unpaired) electrons. The van der Waals surface area contributed by atoms with Crippen LogP contribution in [0.25, 0.3) is 0 Å². The fourth-order valence-electron chi connectivity index (χ4n) is 1.60. The number of methoxy groups -OCH3 is 1. The molecule has 1 heterocycles.